The molecule has 1 N–H and O–H groups in total. The molecule has 0 unspecified atom stereocenters. The van der Waals surface area contributed by atoms with Crippen molar-refractivity contribution in [2.24, 2.45) is 0 Å². The molecule has 1 aromatic heterocycles. The molecule has 0 saturated carbocycles. The van der Waals surface area contributed by atoms with Gasteiger partial charge in [0.15, 0.2) is 0 Å². The van der Waals surface area contributed by atoms with Crippen LogP contribution in [0.3, 0.4) is 0 Å². The molecule has 0 saturated heterocycles. The van der Waals surface area contributed by atoms with Crippen molar-refractivity contribution in [3.05, 3.63) is 89.8 Å². The number of carbonyl (C=O) groups excluding carboxylic acids is 1. The molecule has 1 amide bonds. The number of pyridine rings is 1. The molecule has 132 valence electrons. The van der Waals surface area contributed by atoms with Crippen molar-refractivity contribution in [3.63, 3.8) is 0 Å². The van der Waals surface area contributed by atoms with Gasteiger partial charge in [0, 0.05) is 25.9 Å². The second kappa shape index (κ2) is 7.74. The maximum absolute atomic E-state index is 13.7. The summed E-state index contributed by atoms with van der Waals surface area (Å²) >= 11 is 0. The average Bonchev–Trinajstić information content (AvgIpc) is 2.65. The van der Waals surface area contributed by atoms with Crippen molar-refractivity contribution in [2.75, 3.05) is 17.3 Å². The summed E-state index contributed by atoms with van der Waals surface area (Å²) in [5.74, 6) is -2.05. The Morgan fingerprint density at radius 2 is 1.85 bits per heavy atom. The summed E-state index contributed by atoms with van der Waals surface area (Å²) in [6.07, 6.45) is 3.05. The van der Waals surface area contributed by atoms with E-state index in [-0.39, 0.29) is 11.3 Å². The SMILES string of the molecule is CN(Cc1ccccc1)c1cncc(C(=O)Nc2ccc(F)cc2F)c1. The van der Waals surface area contributed by atoms with Crippen molar-refractivity contribution in [2.45, 2.75) is 6.54 Å². The lowest BCUT2D eigenvalue weighted by Crippen LogP contribution is -2.18. The highest BCUT2D eigenvalue weighted by molar-refractivity contribution is 6.04. The van der Waals surface area contributed by atoms with Gasteiger partial charge in [-0.3, -0.25) is 9.78 Å². The molecule has 6 heteroatoms. The van der Waals surface area contributed by atoms with Crippen LogP contribution >= 0.6 is 0 Å². The number of carbonyl (C=O) groups is 1. The van der Waals surface area contributed by atoms with Crippen LogP contribution in [0, 0.1) is 11.6 Å². The van der Waals surface area contributed by atoms with Gasteiger partial charge in [-0.2, -0.15) is 0 Å². The van der Waals surface area contributed by atoms with Crippen LogP contribution in [0.2, 0.25) is 0 Å². The zero-order chi connectivity index (χ0) is 18.5. The molecule has 3 aromatic rings. The van der Waals surface area contributed by atoms with Crippen LogP contribution in [-0.4, -0.2) is 17.9 Å². The Morgan fingerprint density at radius 1 is 1.08 bits per heavy atom. The minimum absolute atomic E-state index is 0.0838. The van der Waals surface area contributed by atoms with E-state index >= 15 is 0 Å². The monoisotopic (exact) mass is 353 g/mol. The van der Waals surface area contributed by atoms with Gasteiger partial charge >= 0.3 is 0 Å². The van der Waals surface area contributed by atoms with Crippen molar-refractivity contribution in [1.29, 1.82) is 0 Å². The Hall–Kier alpha value is -3.28. The predicted octanol–water partition coefficient (Wildman–Crippen LogP) is 4.25. The van der Waals surface area contributed by atoms with Gasteiger partial charge in [0.05, 0.1) is 23.1 Å². The smallest absolute Gasteiger partial charge is 0.257 e. The first-order valence-corrected chi connectivity index (χ1v) is 7.99. The maximum atomic E-state index is 13.7. The van der Waals surface area contributed by atoms with Crippen molar-refractivity contribution in [3.8, 4) is 0 Å². The molecular weight excluding hydrogens is 336 g/mol. The molecule has 0 aliphatic heterocycles. The van der Waals surface area contributed by atoms with Gasteiger partial charge in [-0.15, -0.1) is 0 Å². The zero-order valence-corrected chi connectivity index (χ0v) is 14.1. The topological polar surface area (TPSA) is 45.2 Å². The van der Waals surface area contributed by atoms with Crippen LogP contribution in [0.4, 0.5) is 20.2 Å². The summed E-state index contributed by atoms with van der Waals surface area (Å²) in [7, 11) is 1.89. The Morgan fingerprint density at radius 3 is 2.58 bits per heavy atom. The predicted molar refractivity (Wildman–Crippen MR) is 97.1 cm³/mol. The number of nitrogens with zero attached hydrogens (tertiary/aromatic N) is 2. The van der Waals surface area contributed by atoms with Gasteiger partial charge in [-0.25, -0.2) is 8.78 Å². The quantitative estimate of drug-likeness (QED) is 0.746. The molecule has 1 heterocycles. The lowest BCUT2D eigenvalue weighted by Gasteiger charge is -2.19. The van der Waals surface area contributed by atoms with Crippen LogP contribution in [0.25, 0.3) is 0 Å². The van der Waals surface area contributed by atoms with Gasteiger partial charge in [-0.1, -0.05) is 30.3 Å². The first kappa shape index (κ1) is 17.5. The van der Waals surface area contributed by atoms with Crippen LogP contribution in [0.1, 0.15) is 15.9 Å². The highest BCUT2D eigenvalue weighted by Gasteiger charge is 2.12. The number of hydrogen-bond acceptors (Lipinski definition) is 3. The summed E-state index contributed by atoms with van der Waals surface area (Å²) in [5.41, 5.74) is 2.07. The number of nitrogens with one attached hydrogen (secondary N) is 1. The van der Waals surface area contributed by atoms with E-state index in [1.165, 1.54) is 12.3 Å². The third-order valence-electron chi connectivity index (χ3n) is 3.87. The van der Waals surface area contributed by atoms with Gasteiger partial charge < -0.3 is 10.2 Å². The number of aromatic nitrogens is 1. The van der Waals surface area contributed by atoms with E-state index < -0.39 is 17.5 Å². The summed E-state index contributed by atoms with van der Waals surface area (Å²) in [4.78, 5) is 18.4. The minimum Gasteiger partial charge on any atom is -0.369 e. The first-order valence-electron chi connectivity index (χ1n) is 7.99. The number of amides is 1. The summed E-state index contributed by atoms with van der Waals surface area (Å²) in [5, 5.41) is 2.43. The molecule has 0 aliphatic carbocycles. The molecular formula is C20H17F2N3O. The van der Waals surface area contributed by atoms with Crippen molar-refractivity contribution < 1.29 is 13.6 Å². The molecule has 0 aliphatic rings. The third-order valence-corrected chi connectivity index (χ3v) is 3.87. The number of hydrogen-bond donors (Lipinski definition) is 1. The number of benzene rings is 2. The molecule has 26 heavy (non-hydrogen) atoms. The highest BCUT2D eigenvalue weighted by Crippen LogP contribution is 2.19. The molecule has 2 aromatic carbocycles. The Kier molecular flexibility index (Phi) is 5.22. The molecule has 4 nitrogen and oxygen atoms in total. The van der Waals surface area contributed by atoms with Crippen LogP contribution < -0.4 is 10.2 Å². The lowest BCUT2D eigenvalue weighted by atomic mass is 10.2. The fourth-order valence-electron chi connectivity index (χ4n) is 2.49. The van der Waals surface area contributed by atoms with E-state index in [4.69, 9.17) is 0 Å². The lowest BCUT2D eigenvalue weighted by molar-refractivity contribution is 0.102. The first-order chi connectivity index (χ1) is 12.5. The van der Waals surface area contributed by atoms with E-state index in [2.05, 4.69) is 10.3 Å². The van der Waals surface area contributed by atoms with Crippen LogP contribution in [0.5, 0.6) is 0 Å². The van der Waals surface area contributed by atoms with Gasteiger partial charge in [0.25, 0.3) is 5.91 Å². The van der Waals surface area contributed by atoms with Crippen molar-refractivity contribution in [1.82, 2.24) is 4.98 Å². The summed E-state index contributed by atoms with van der Waals surface area (Å²) < 4.78 is 26.7. The molecule has 0 radical (unpaired) electrons. The van der Waals surface area contributed by atoms with Crippen LogP contribution in [-0.2, 0) is 6.54 Å². The van der Waals surface area contributed by atoms with Gasteiger partial charge in [0.1, 0.15) is 11.6 Å². The third kappa shape index (κ3) is 4.22. The molecule has 0 spiro atoms. The second-order valence-corrected chi connectivity index (χ2v) is 5.85. The van der Waals surface area contributed by atoms with Gasteiger partial charge in [0.2, 0.25) is 0 Å². The van der Waals surface area contributed by atoms with E-state index in [1.807, 2.05) is 42.3 Å². The molecule has 0 bridgehead atoms. The number of halogens is 2. The number of anilines is 2. The van der Waals surface area contributed by atoms with Crippen molar-refractivity contribution >= 4 is 17.3 Å². The fraction of sp³-hybridized carbons (Fsp3) is 0.100. The Balaban J connectivity index is 1.74. The summed E-state index contributed by atoms with van der Waals surface area (Å²) in [6, 6.07) is 14.6. The van der Waals surface area contributed by atoms with E-state index in [1.54, 1.807) is 12.3 Å². The number of rotatable bonds is 5. The van der Waals surface area contributed by atoms with E-state index in [0.717, 1.165) is 23.4 Å². The van der Waals surface area contributed by atoms with E-state index in [9.17, 15) is 13.6 Å². The fourth-order valence-corrected chi connectivity index (χ4v) is 2.49. The second-order valence-electron chi connectivity index (χ2n) is 5.85. The standard InChI is InChI=1S/C20H17F2N3O/c1-25(13-14-5-3-2-4-6-14)17-9-15(11-23-12-17)20(26)24-19-8-7-16(21)10-18(19)22/h2-12H,13H2,1H3,(H,24,26). The summed E-state index contributed by atoms with van der Waals surface area (Å²) in [6.45, 7) is 0.653. The molecule has 0 atom stereocenters. The average molecular weight is 353 g/mol. The normalized spacial score (nSPS) is 10.4. The largest absolute Gasteiger partial charge is 0.369 e. The maximum Gasteiger partial charge on any atom is 0.257 e. The van der Waals surface area contributed by atoms with E-state index in [0.29, 0.717) is 6.54 Å². The van der Waals surface area contributed by atoms with Gasteiger partial charge in [-0.05, 0) is 23.8 Å². The Bertz CT molecular complexity index is 916. The zero-order valence-electron chi connectivity index (χ0n) is 14.1. The van der Waals surface area contributed by atoms with Crippen LogP contribution in [0.15, 0.2) is 67.0 Å². The molecule has 3 rings (SSSR count). The highest BCUT2D eigenvalue weighted by atomic mass is 19.1. The minimum atomic E-state index is -0.830. The molecule has 0 fully saturated rings. The Labute approximate surface area is 150 Å².